The van der Waals surface area contributed by atoms with Crippen LogP contribution in [0, 0.1) is 11.3 Å². The predicted octanol–water partition coefficient (Wildman–Crippen LogP) is 8.07. The van der Waals surface area contributed by atoms with Crippen LogP contribution in [0.3, 0.4) is 0 Å². The monoisotopic (exact) mass is 435 g/mol. The number of hydrogen-bond acceptors (Lipinski definition) is 2. The fourth-order valence-electron chi connectivity index (χ4n) is 4.58. The lowest BCUT2D eigenvalue weighted by atomic mass is 10.0. The van der Waals surface area contributed by atoms with Gasteiger partial charge in [-0.1, -0.05) is 60.7 Å². The highest BCUT2D eigenvalue weighted by Crippen LogP contribution is 2.32. The van der Waals surface area contributed by atoms with Crippen LogP contribution in [0.4, 0.5) is 11.4 Å². The quantitative estimate of drug-likeness (QED) is 0.304. The Bertz CT molecular complexity index is 1610. The number of nitriles is 1. The standard InChI is InChI=1S/C31H21N3/c32-21-22-6-5-7-24(20-22)23-12-14-25(15-13-23)33-26-16-18-27(19-17-26)34-30-10-3-1-8-28(30)29-9-2-4-11-31(29)34/h1-20,33H. The molecule has 0 saturated heterocycles. The molecule has 34 heavy (non-hydrogen) atoms. The number of fused-ring (bicyclic) bond motifs is 3. The Kier molecular flexibility index (Phi) is 4.83. The lowest BCUT2D eigenvalue weighted by Gasteiger charge is -2.11. The van der Waals surface area contributed by atoms with Crippen LogP contribution in [0.1, 0.15) is 5.56 Å². The van der Waals surface area contributed by atoms with Gasteiger partial charge in [-0.15, -0.1) is 0 Å². The molecule has 0 fully saturated rings. The van der Waals surface area contributed by atoms with E-state index in [0.717, 1.165) is 28.2 Å². The minimum atomic E-state index is 0.669. The van der Waals surface area contributed by atoms with Gasteiger partial charge < -0.3 is 9.88 Å². The maximum absolute atomic E-state index is 9.14. The van der Waals surface area contributed by atoms with E-state index in [1.54, 1.807) is 0 Å². The van der Waals surface area contributed by atoms with Crippen molar-refractivity contribution in [1.82, 2.24) is 4.57 Å². The summed E-state index contributed by atoms with van der Waals surface area (Å²) in [6.45, 7) is 0. The summed E-state index contributed by atoms with van der Waals surface area (Å²) in [5, 5.41) is 15.2. The van der Waals surface area contributed by atoms with Crippen molar-refractivity contribution < 1.29 is 0 Å². The molecular weight excluding hydrogens is 414 g/mol. The Morgan fingerprint density at radius 3 is 1.76 bits per heavy atom. The molecule has 0 aliphatic rings. The lowest BCUT2D eigenvalue weighted by molar-refractivity contribution is 1.18. The summed E-state index contributed by atoms with van der Waals surface area (Å²) in [5.74, 6) is 0. The summed E-state index contributed by atoms with van der Waals surface area (Å²) >= 11 is 0. The fourth-order valence-corrected chi connectivity index (χ4v) is 4.58. The second kappa shape index (κ2) is 8.27. The number of para-hydroxylation sites is 2. The topological polar surface area (TPSA) is 40.8 Å². The minimum absolute atomic E-state index is 0.669. The summed E-state index contributed by atoms with van der Waals surface area (Å²) < 4.78 is 2.32. The van der Waals surface area contributed by atoms with Crippen LogP contribution < -0.4 is 5.32 Å². The zero-order valence-corrected chi connectivity index (χ0v) is 18.4. The van der Waals surface area contributed by atoms with E-state index in [2.05, 4.69) is 113 Å². The Balaban J connectivity index is 1.28. The van der Waals surface area contributed by atoms with E-state index in [1.165, 1.54) is 21.8 Å². The minimum Gasteiger partial charge on any atom is -0.356 e. The first kappa shape index (κ1) is 19.8. The molecule has 5 aromatic carbocycles. The molecule has 0 unspecified atom stereocenters. The van der Waals surface area contributed by atoms with E-state index in [4.69, 9.17) is 5.26 Å². The molecule has 1 aromatic heterocycles. The lowest BCUT2D eigenvalue weighted by Crippen LogP contribution is -1.95. The van der Waals surface area contributed by atoms with Crippen molar-refractivity contribution in [2.24, 2.45) is 0 Å². The Hall–Kier alpha value is -4.81. The van der Waals surface area contributed by atoms with E-state index < -0.39 is 0 Å². The highest BCUT2D eigenvalue weighted by Gasteiger charge is 2.11. The van der Waals surface area contributed by atoms with Crippen molar-refractivity contribution in [3.8, 4) is 22.9 Å². The Morgan fingerprint density at radius 1 is 0.559 bits per heavy atom. The molecule has 6 rings (SSSR count). The van der Waals surface area contributed by atoms with Crippen molar-refractivity contribution in [3.63, 3.8) is 0 Å². The molecule has 1 N–H and O–H groups in total. The maximum atomic E-state index is 9.14. The third-order valence-electron chi connectivity index (χ3n) is 6.20. The SMILES string of the molecule is N#Cc1cccc(-c2ccc(Nc3ccc(-n4c5ccccc5c5ccccc54)cc3)cc2)c1. The molecule has 0 bridgehead atoms. The molecule has 0 aliphatic heterocycles. The molecule has 0 radical (unpaired) electrons. The van der Waals surface area contributed by atoms with Gasteiger partial charge >= 0.3 is 0 Å². The number of nitrogens with zero attached hydrogens (tertiary/aromatic N) is 2. The second-order valence-corrected chi connectivity index (χ2v) is 8.31. The van der Waals surface area contributed by atoms with Crippen molar-refractivity contribution in [1.29, 1.82) is 5.26 Å². The third kappa shape index (κ3) is 3.48. The van der Waals surface area contributed by atoms with E-state index >= 15 is 0 Å². The molecule has 1 heterocycles. The molecule has 0 aliphatic carbocycles. The zero-order chi connectivity index (χ0) is 22.9. The van der Waals surface area contributed by atoms with Gasteiger partial charge in [-0.3, -0.25) is 0 Å². The third-order valence-corrected chi connectivity index (χ3v) is 6.20. The van der Waals surface area contributed by atoms with Gasteiger partial charge in [0.1, 0.15) is 0 Å². The molecule has 3 nitrogen and oxygen atoms in total. The van der Waals surface area contributed by atoms with E-state index in [9.17, 15) is 0 Å². The number of benzene rings is 5. The molecule has 6 aromatic rings. The summed E-state index contributed by atoms with van der Waals surface area (Å²) in [6.07, 6.45) is 0. The van der Waals surface area contributed by atoms with Gasteiger partial charge in [0.05, 0.1) is 22.7 Å². The number of nitrogens with one attached hydrogen (secondary N) is 1. The van der Waals surface area contributed by atoms with Crippen LogP contribution in [0.15, 0.2) is 121 Å². The first-order valence-electron chi connectivity index (χ1n) is 11.3. The van der Waals surface area contributed by atoms with Crippen molar-refractivity contribution in [2.45, 2.75) is 0 Å². The first-order valence-corrected chi connectivity index (χ1v) is 11.3. The van der Waals surface area contributed by atoms with Crippen molar-refractivity contribution >= 4 is 33.2 Å². The highest BCUT2D eigenvalue weighted by molar-refractivity contribution is 6.09. The average molecular weight is 436 g/mol. The van der Waals surface area contributed by atoms with Crippen molar-refractivity contribution in [3.05, 3.63) is 127 Å². The number of rotatable bonds is 4. The maximum Gasteiger partial charge on any atom is 0.0991 e. The van der Waals surface area contributed by atoms with Gasteiger partial charge in [0, 0.05) is 27.8 Å². The molecule has 160 valence electrons. The summed E-state index contributed by atoms with van der Waals surface area (Å²) in [6, 6.07) is 43.8. The summed E-state index contributed by atoms with van der Waals surface area (Å²) in [4.78, 5) is 0. The normalized spacial score (nSPS) is 10.9. The Morgan fingerprint density at radius 2 is 1.15 bits per heavy atom. The van der Waals surface area contributed by atoms with E-state index in [1.807, 2.05) is 24.3 Å². The summed E-state index contributed by atoms with van der Waals surface area (Å²) in [5.41, 5.74) is 8.40. The van der Waals surface area contributed by atoms with Crippen LogP contribution in [-0.4, -0.2) is 4.57 Å². The largest absolute Gasteiger partial charge is 0.356 e. The van der Waals surface area contributed by atoms with Gasteiger partial charge in [-0.05, 0) is 71.8 Å². The molecule has 0 atom stereocenters. The van der Waals surface area contributed by atoms with Crippen molar-refractivity contribution in [2.75, 3.05) is 5.32 Å². The molecule has 0 spiro atoms. The average Bonchev–Trinajstić information content (AvgIpc) is 3.24. The number of anilines is 2. The molecule has 0 amide bonds. The van der Waals surface area contributed by atoms with Crippen LogP contribution in [0.25, 0.3) is 38.6 Å². The molecular formula is C31H21N3. The first-order chi connectivity index (χ1) is 16.8. The van der Waals surface area contributed by atoms with E-state index in [-0.39, 0.29) is 0 Å². The van der Waals surface area contributed by atoms with Crippen LogP contribution >= 0.6 is 0 Å². The van der Waals surface area contributed by atoms with Crippen LogP contribution in [0.5, 0.6) is 0 Å². The number of hydrogen-bond donors (Lipinski definition) is 1. The van der Waals surface area contributed by atoms with Crippen LogP contribution in [-0.2, 0) is 0 Å². The smallest absolute Gasteiger partial charge is 0.0991 e. The van der Waals surface area contributed by atoms with Gasteiger partial charge in [0.25, 0.3) is 0 Å². The van der Waals surface area contributed by atoms with Gasteiger partial charge in [-0.2, -0.15) is 5.26 Å². The molecule has 0 saturated carbocycles. The van der Waals surface area contributed by atoms with Gasteiger partial charge in [0.2, 0.25) is 0 Å². The fraction of sp³-hybridized carbons (Fsp3) is 0. The number of aromatic nitrogens is 1. The summed E-state index contributed by atoms with van der Waals surface area (Å²) in [7, 11) is 0. The second-order valence-electron chi connectivity index (χ2n) is 8.31. The van der Waals surface area contributed by atoms with Gasteiger partial charge in [0.15, 0.2) is 0 Å². The van der Waals surface area contributed by atoms with E-state index in [0.29, 0.717) is 5.56 Å². The van der Waals surface area contributed by atoms with Gasteiger partial charge in [-0.25, -0.2) is 0 Å². The predicted molar refractivity (Wildman–Crippen MR) is 141 cm³/mol. The van der Waals surface area contributed by atoms with Crippen LogP contribution in [0.2, 0.25) is 0 Å². The highest BCUT2D eigenvalue weighted by atomic mass is 15.0. The molecule has 3 heteroatoms. The Labute approximate surface area is 198 Å². The zero-order valence-electron chi connectivity index (χ0n) is 18.4.